The molecule has 1 aliphatic carbocycles. The van der Waals surface area contributed by atoms with E-state index in [1.165, 1.54) is 32.1 Å². The zero-order valence-corrected chi connectivity index (χ0v) is 12.3. The summed E-state index contributed by atoms with van der Waals surface area (Å²) >= 11 is 0. The molecule has 0 amide bonds. The monoisotopic (exact) mass is 275 g/mol. The molecule has 20 heavy (non-hydrogen) atoms. The van der Waals surface area contributed by atoms with Crippen LogP contribution in [0.2, 0.25) is 0 Å². The molecule has 1 aromatic heterocycles. The van der Waals surface area contributed by atoms with Crippen molar-refractivity contribution >= 4 is 0 Å². The summed E-state index contributed by atoms with van der Waals surface area (Å²) in [5.74, 6) is 0.323. The summed E-state index contributed by atoms with van der Waals surface area (Å²) in [6.45, 7) is 2.77. The molecule has 2 atom stereocenters. The predicted molar refractivity (Wildman–Crippen MR) is 78.4 cm³/mol. The van der Waals surface area contributed by atoms with Crippen LogP contribution >= 0.6 is 0 Å². The van der Waals surface area contributed by atoms with E-state index in [1.807, 2.05) is 19.1 Å². The van der Waals surface area contributed by atoms with Crippen LogP contribution in [0.25, 0.3) is 0 Å². The first-order valence-corrected chi connectivity index (χ1v) is 7.93. The molecule has 1 spiro atoms. The van der Waals surface area contributed by atoms with Crippen molar-refractivity contribution in [2.45, 2.75) is 63.6 Å². The van der Waals surface area contributed by atoms with Crippen LogP contribution in [0.4, 0.5) is 0 Å². The van der Waals surface area contributed by atoms with Gasteiger partial charge >= 0.3 is 0 Å². The molecule has 1 aliphatic heterocycles. The first-order valence-electron chi connectivity index (χ1n) is 7.93. The summed E-state index contributed by atoms with van der Waals surface area (Å²) in [4.78, 5) is 4.21. The first-order chi connectivity index (χ1) is 9.69. The summed E-state index contributed by atoms with van der Waals surface area (Å²) in [6.07, 6.45) is 9.62. The molecule has 0 radical (unpaired) electrons. The maximum absolute atomic E-state index is 10.7. The van der Waals surface area contributed by atoms with E-state index in [0.29, 0.717) is 5.92 Å². The van der Waals surface area contributed by atoms with Gasteiger partial charge in [-0.25, -0.2) is 0 Å². The summed E-state index contributed by atoms with van der Waals surface area (Å²) in [5.41, 5.74) is 2.04. The molecule has 3 nitrogen and oxygen atoms in total. The smallest absolute Gasteiger partial charge is 0.0821 e. The van der Waals surface area contributed by atoms with E-state index in [2.05, 4.69) is 4.98 Å². The quantitative estimate of drug-likeness (QED) is 0.897. The number of hydrogen-bond acceptors (Lipinski definition) is 3. The van der Waals surface area contributed by atoms with E-state index < -0.39 is 0 Å². The van der Waals surface area contributed by atoms with Gasteiger partial charge in [0.1, 0.15) is 0 Å². The lowest BCUT2D eigenvalue weighted by molar-refractivity contribution is -0.134. The Morgan fingerprint density at radius 1 is 1.35 bits per heavy atom. The van der Waals surface area contributed by atoms with Crippen molar-refractivity contribution < 1.29 is 9.84 Å². The van der Waals surface area contributed by atoms with Gasteiger partial charge in [0, 0.05) is 18.5 Å². The fraction of sp³-hybridized carbons (Fsp3) is 0.706. The van der Waals surface area contributed by atoms with E-state index in [1.54, 1.807) is 6.20 Å². The minimum Gasteiger partial charge on any atom is -0.388 e. The number of ether oxygens (including phenoxy) is 1. The van der Waals surface area contributed by atoms with Gasteiger partial charge in [0.25, 0.3) is 0 Å². The average molecular weight is 275 g/mol. The predicted octanol–water partition coefficient (Wildman–Crippen LogP) is 3.55. The van der Waals surface area contributed by atoms with Crippen molar-refractivity contribution in [2.24, 2.45) is 5.92 Å². The van der Waals surface area contributed by atoms with Crippen LogP contribution in [0.5, 0.6) is 0 Å². The molecule has 1 N–H and O–H groups in total. The molecule has 2 fully saturated rings. The third-order valence-corrected chi connectivity index (χ3v) is 5.00. The van der Waals surface area contributed by atoms with E-state index in [-0.39, 0.29) is 11.7 Å². The van der Waals surface area contributed by atoms with Crippen LogP contribution in [0.3, 0.4) is 0 Å². The van der Waals surface area contributed by atoms with Crippen molar-refractivity contribution in [3.05, 3.63) is 29.6 Å². The highest BCUT2D eigenvalue weighted by Gasteiger charge is 2.40. The molecule has 2 aliphatic rings. The Bertz CT molecular complexity index is 449. The van der Waals surface area contributed by atoms with E-state index in [4.69, 9.17) is 4.74 Å². The van der Waals surface area contributed by atoms with Crippen molar-refractivity contribution in [3.63, 3.8) is 0 Å². The molecule has 110 valence electrons. The van der Waals surface area contributed by atoms with Gasteiger partial charge in [-0.1, -0.05) is 19.3 Å². The van der Waals surface area contributed by atoms with Crippen LogP contribution in [-0.4, -0.2) is 22.3 Å². The Kier molecular flexibility index (Phi) is 4.08. The van der Waals surface area contributed by atoms with E-state index in [9.17, 15) is 5.11 Å². The number of pyridine rings is 1. The Morgan fingerprint density at radius 2 is 2.15 bits per heavy atom. The highest BCUT2D eigenvalue weighted by Crippen LogP contribution is 2.44. The van der Waals surface area contributed by atoms with Crippen molar-refractivity contribution in [2.75, 3.05) is 6.61 Å². The molecule has 0 bridgehead atoms. The lowest BCUT2D eigenvalue weighted by Crippen LogP contribution is -2.42. The largest absolute Gasteiger partial charge is 0.388 e. The van der Waals surface area contributed by atoms with Crippen molar-refractivity contribution in [1.82, 2.24) is 4.98 Å². The van der Waals surface area contributed by atoms with Crippen LogP contribution in [0.1, 0.15) is 62.3 Å². The molecule has 1 saturated heterocycles. The lowest BCUT2D eigenvalue weighted by Gasteiger charge is -2.44. The Hall–Kier alpha value is -0.930. The van der Waals surface area contributed by atoms with Gasteiger partial charge in [0.2, 0.25) is 0 Å². The van der Waals surface area contributed by atoms with Gasteiger partial charge in [0.05, 0.1) is 11.7 Å². The third kappa shape index (κ3) is 2.89. The minimum atomic E-state index is -0.376. The molecule has 1 aromatic rings. The molecule has 2 unspecified atom stereocenters. The van der Waals surface area contributed by atoms with Gasteiger partial charge in [-0.05, 0) is 56.2 Å². The molecule has 3 rings (SSSR count). The summed E-state index contributed by atoms with van der Waals surface area (Å²) < 4.78 is 6.12. The van der Waals surface area contributed by atoms with Crippen LogP contribution in [0.15, 0.2) is 18.3 Å². The topological polar surface area (TPSA) is 42.4 Å². The lowest BCUT2D eigenvalue weighted by atomic mass is 9.74. The van der Waals surface area contributed by atoms with Gasteiger partial charge in [0.15, 0.2) is 0 Å². The zero-order valence-electron chi connectivity index (χ0n) is 12.3. The standard InChI is InChI=1S/C17H25NO2/c1-13-11-14(5-9-18-13)16(19)15-6-10-20-17(12-15)7-3-2-4-8-17/h5,9,11,15-16,19H,2-4,6-8,10,12H2,1H3. The Balaban J connectivity index is 1.73. The van der Waals surface area contributed by atoms with Gasteiger partial charge < -0.3 is 9.84 Å². The Labute approximate surface area is 121 Å². The number of hydrogen-bond donors (Lipinski definition) is 1. The second kappa shape index (κ2) is 5.82. The summed E-state index contributed by atoms with van der Waals surface area (Å²) in [5, 5.41) is 10.7. The zero-order chi connectivity index (χ0) is 14.0. The fourth-order valence-electron chi connectivity index (χ4n) is 3.90. The van der Waals surface area contributed by atoms with E-state index in [0.717, 1.165) is 30.7 Å². The molecule has 2 heterocycles. The normalized spacial score (nSPS) is 27.4. The molecule has 0 aromatic carbocycles. The number of aromatic nitrogens is 1. The number of aryl methyl sites for hydroxylation is 1. The number of nitrogens with zero attached hydrogens (tertiary/aromatic N) is 1. The van der Waals surface area contributed by atoms with Crippen molar-refractivity contribution in [1.29, 1.82) is 0 Å². The first kappa shape index (κ1) is 14.0. The minimum absolute atomic E-state index is 0.0597. The van der Waals surface area contributed by atoms with Gasteiger partial charge in [-0.15, -0.1) is 0 Å². The number of aliphatic hydroxyl groups is 1. The summed E-state index contributed by atoms with van der Waals surface area (Å²) in [7, 11) is 0. The highest BCUT2D eigenvalue weighted by atomic mass is 16.5. The number of aliphatic hydroxyl groups excluding tert-OH is 1. The second-order valence-electron chi connectivity index (χ2n) is 6.52. The Morgan fingerprint density at radius 3 is 2.90 bits per heavy atom. The third-order valence-electron chi connectivity index (χ3n) is 5.00. The van der Waals surface area contributed by atoms with E-state index >= 15 is 0 Å². The molecule has 1 saturated carbocycles. The maximum Gasteiger partial charge on any atom is 0.0821 e. The van der Waals surface area contributed by atoms with Gasteiger partial charge in [-0.2, -0.15) is 0 Å². The maximum atomic E-state index is 10.7. The molecular formula is C17H25NO2. The molecule has 3 heteroatoms. The second-order valence-corrected chi connectivity index (χ2v) is 6.52. The summed E-state index contributed by atoms with van der Waals surface area (Å²) in [6, 6.07) is 3.95. The van der Waals surface area contributed by atoms with Crippen LogP contribution in [-0.2, 0) is 4.74 Å². The SMILES string of the molecule is Cc1cc(C(O)C2CCOC3(CCCCC3)C2)ccn1. The van der Waals surface area contributed by atoms with Crippen LogP contribution < -0.4 is 0 Å². The number of rotatable bonds is 2. The van der Waals surface area contributed by atoms with Crippen LogP contribution in [0, 0.1) is 12.8 Å². The van der Waals surface area contributed by atoms with Gasteiger partial charge in [-0.3, -0.25) is 4.98 Å². The van der Waals surface area contributed by atoms with Crippen molar-refractivity contribution in [3.8, 4) is 0 Å². The molecular weight excluding hydrogens is 250 g/mol. The fourth-order valence-corrected chi connectivity index (χ4v) is 3.90. The highest BCUT2D eigenvalue weighted by molar-refractivity contribution is 5.19. The average Bonchev–Trinajstić information content (AvgIpc) is 2.47.